The maximum Gasteiger partial charge on any atom is 0.323 e. The van der Waals surface area contributed by atoms with E-state index >= 15 is 0 Å². The summed E-state index contributed by atoms with van der Waals surface area (Å²) in [6, 6.07) is 13.9. The molecule has 4 N–H and O–H groups in total. The molecular formula is C24H25N3O5. The highest BCUT2D eigenvalue weighted by atomic mass is 16.4. The highest BCUT2D eigenvalue weighted by Crippen LogP contribution is 2.29. The molecule has 0 saturated carbocycles. The van der Waals surface area contributed by atoms with Crippen molar-refractivity contribution in [1.82, 2.24) is 4.57 Å². The fraction of sp³-hybridized carbons (Fsp3) is 0.208. The molecule has 0 aliphatic rings. The molecule has 0 bridgehead atoms. The smallest absolute Gasteiger partial charge is 0.323 e. The van der Waals surface area contributed by atoms with Crippen molar-refractivity contribution in [2.45, 2.75) is 26.7 Å². The molecule has 0 radical (unpaired) electrons. The summed E-state index contributed by atoms with van der Waals surface area (Å²) in [4.78, 5) is 36.2. The number of aryl methyl sites for hydroxylation is 3. The Morgan fingerprint density at radius 3 is 2.44 bits per heavy atom. The second-order valence-corrected chi connectivity index (χ2v) is 7.57. The molecule has 166 valence electrons. The average Bonchev–Trinajstić information content (AvgIpc) is 2.74. The molecule has 2 amide bonds. The predicted molar refractivity (Wildman–Crippen MR) is 123 cm³/mol. The summed E-state index contributed by atoms with van der Waals surface area (Å²) in [7, 11) is 1.54. The van der Waals surface area contributed by atoms with Crippen LogP contribution in [0.2, 0.25) is 0 Å². The van der Waals surface area contributed by atoms with Crippen molar-refractivity contribution in [3.05, 3.63) is 75.7 Å². The van der Waals surface area contributed by atoms with Crippen molar-refractivity contribution in [1.29, 1.82) is 0 Å². The van der Waals surface area contributed by atoms with Crippen LogP contribution in [-0.4, -0.2) is 26.8 Å². The van der Waals surface area contributed by atoms with E-state index in [1.807, 2.05) is 37.3 Å². The first-order valence-corrected chi connectivity index (χ1v) is 10.1. The van der Waals surface area contributed by atoms with Crippen molar-refractivity contribution < 1.29 is 19.8 Å². The van der Waals surface area contributed by atoms with Gasteiger partial charge in [-0.05, 0) is 48.6 Å². The topological polar surface area (TPSA) is 121 Å². The van der Waals surface area contributed by atoms with Crippen LogP contribution in [0, 0.1) is 13.8 Å². The molecule has 1 heterocycles. The first-order valence-electron chi connectivity index (χ1n) is 10.1. The predicted octanol–water partition coefficient (Wildman–Crippen LogP) is 4.04. The fourth-order valence-corrected chi connectivity index (χ4v) is 3.41. The van der Waals surface area contributed by atoms with Crippen LogP contribution >= 0.6 is 0 Å². The van der Waals surface area contributed by atoms with Gasteiger partial charge in [-0.25, -0.2) is 4.79 Å². The Balaban J connectivity index is 1.94. The molecule has 32 heavy (non-hydrogen) atoms. The number of hydrogen-bond donors (Lipinski definition) is 4. The fourth-order valence-electron chi connectivity index (χ4n) is 3.41. The van der Waals surface area contributed by atoms with Gasteiger partial charge in [-0.15, -0.1) is 0 Å². The van der Waals surface area contributed by atoms with E-state index in [1.54, 1.807) is 19.1 Å². The normalized spacial score (nSPS) is 10.6. The Morgan fingerprint density at radius 2 is 1.75 bits per heavy atom. The summed E-state index contributed by atoms with van der Waals surface area (Å²) >= 11 is 0. The van der Waals surface area contributed by atoms with Crippen molar-refractivity contribution in [3.63, 3.8) is 0 Å². The second kappa shape index (κ2) is 9.38. The Morgan fingerprint density at radius 1 is 1.03 bits per heavy atom. The lowest BCUT2D eigenvalue weighted by Gasteiger charge is -2.15. The third kappa shape index (κ3) is 4.97. The summed E-state index contributed by atoms with van der Waals surface area (Å²) in [5, 5.41) is 24.3. The minimum absolute atomic E-state index is 0.0979. The van der Waals surface area contributed by atoms with Gasteiger partial charge < -0.3 is 20.1 Å². The minimum Gasteiger partial charge on any atom is -0.505 e. The molecule has 8 nitrogen and oxygen atoms in total. The summed E-state index contributed by atoms with van der Waals surface area (Å²) in [5.41, 5.74) is 3.70. The van der Waals surface area contributed by atoms with E-state index in [4.69, 9.17) is 5.11 Å². The van der Waals surface area contributed by atoms with E-state index in [-0.39, 0.29) is 24.3 Å². The van der Waals surface area contributed by atoms with Gasteiger partial charge >= 0.3 is 12.0 Å². The van der Waals surface area contributed by atoms with Crippen molar-refractivity contribution >= 4 is 23.4 Å². The van der Waals surface area contributed by atoms with Gasteiger partial charge in [0.2, 0.25) is 0 Å². The molecule has 0 saturated heterocycles. The van der Waals surface area contributed by atoms with Crippen LogP contribution in [0.1, 0.15) is 23.2 Å². The number of carbonyl (C=O) groups is 2. The van der Waals surface area contributed by atoms with Gasteiger partial charge in [0.05, 0.1) is 0 Å². The van der Waals surface area contributed by atoms with Crippen LogP contribution in [0.5, 0.6) is 5.75 Å². The largest absolute Gasteiger partial charge is 0.505 e. The van der Waals surface area contributed by atoms with Gasteiger partial charge in [0.1, 0.15) is 5.75 Å². The highest BCUT2D eigenvalue weighted by molar-refractivity contribution is 6.01. The van der Waals surface area contributed by atoms with Gasteiger partial charge in [0, 0.05) is 30.9 Å². The first kappa shape index (κ1) is 22.6. The lowest BCUT2D eigenvalue weighted by molar-refractivity contribution is -0.136. The van der Waals surface area contributed by atoms with Gasteiger partial charge in [-0.3, -0.25) is 14.9 Å². The SMILES string of the molecule is Cc1ccccc1-c1ccc(CCC(=O)O)c(NC(=O)Nc2c(O)cc(C)n(C)c2=O)c1. The maximum absolute atomic E-state index is 12.7. The maximum atomic E-state index is 12.7. The number of carboxylic acid groups (broad SMARTS) is 1. The molecule has 8 heteroatoms. The molecule has 2 aromatic carbocycles. The van der Waals surface area contributed by atoms with Crippen LogP contribution in [0.3, 0.4) is 0 Å². The van der Waals surface area contributed by atoms with Crippen LogP contribution in [-0.2, 0) is 18.3 Å². The monoisotopic (exact) mass is 435 g/mol. The number of carbonyl (C=O) groups excluding carboxylic acids is 1. The number of anilines is 2. The number of carboxylic acids is 1. The van der Waals surface area contributed by atoms with Gasteiger partial charge in [0.15, 0.2) is 5.69 Å². The number of urea groups is 1. The summed E-state index contributed by atoms with van der Waals surface area (Å²) in [5.74, 6) is -1.28. The molecule has 3 aromatic rings. The number of hydrogen-bond acceptors (Lipinski definition) is 4. The Hall–Kier alpha value is -4.07. The van der Waals surface area contributed by atoms with E-state index in [0.717, 1.165) is 16.7 Å². The number of benzene rings is 2. The molecule has 0 aliphatic carbocycles. The molecule has 0 aliphatic heterocycles. The third-order valence-electron chi connectivity index (χ3n) is 5.31. The van der Waals surface area contributed by atoms with Crippen LogP contribution in [0.25, 0.3) is 11.1 Å². The van der Waals surface area contributed by atoms with E-state index < -0.39 is 17.6 Å². The zero-order chi connectivity index (χ0) is 23.4. The molecular weight excluding hydrogens is 410 g/mol. The zero-order valence-electron chi connectivity index (χ0n) is 18.1. The molecule has 0 fully saturated rings. The number of aromatic nitrogens is 1. The Bertz CT molecular complexity index is 1250. The number of aliphatic carboxylic acids is 1. The molecule has 0 spiro atoms. The summed E-state index contributed by atoms with van der Waals surface area (Å²) in [6.45, 7) is 3.64. The molecule has 0 unspecified atom stereocenters. The number of nitrogens with one attached hydrogen (secondary N) is 2. The Labute approximate surface area is 185 Å². The molecule has 3 rings (SSSR count). The first-order chi connectivity index (χ1) is 15.2. The van der Waals surface area contributed by atoms with Crippen molar-refractivity contribution in [3.8, 4) is 16.9 Å². The third-order valence-corrected chi connectivity index (χ3v) is 5.31. The van der Waals surface area contributed by atoms with Gasteiger partial charge in [-0.1, -0.05) is 36.4 Å². The lowest BCUT2D eigenvalue weighted by atomic mass is 9.97. The summed E-state index contributed by atoms with van der Waals surface area (Å²) in [6.07, 6.45) is 0.121. The van der Waals surface area contributed by atoms with E-state index in [1.165, 1.54) is 17.7 Å². The van der Waals surface area contributed by atoms with E-state index in [2.05, 4.69) is 10.6 Å². The van der Waals surface area contributed by atoms with Crippen LogP contribution in [0.15, 0.2) is 53.3 Å². The van der Waals surface area contributed by atoms with Crippen LogP contribution < -0.4 is 16.2 Å². The lowest BCUT2D eigenvalue weighted by Crippen LogP contribution is -2.28. The quantitative estimate of drug-likeness (QED) is 0.466. The Kier molecular flexibility index (Phi) is 6.63. The molecule has 0 atom stereocenters. The van der Waals surface area contributed by atoms with Crippen molar-refractivity contribution in [2.24, 2.45) is 7.05 Å². The van der Waals surface area contributed by atoms with Gasteiger partial charge in [-0.2, -0.15) is 0 Å². The zero-order valence-corrected chi connectivity index (χ0v) is 18.1. The average molecular weight is 435 g/mol. The molecule has 1 aromatic heterocycles. The number of rotatable bonds is 6. The number of nitrogens with zero attached hydrogens (tertiary/aromatic N) is 1. The highest BCUT2D eigenvalue weighted by Gasteiger charge is 2.16. The van der Waals surface area contributed by atoms with Crippen molar-refractivity contribution in [2.75, 3.05) is 10.6 Å². The summed E-state index contributed by atoms with van der Waals surface area (Å²) < 4.78 is 1.31. The van der Waals surface area contributed by atoms with E-state index in [0.29, 0.717) is 16.9 Å². The van der Waals surface area contributed by atoms with Gasteiger partial charge in [0.25, 0.3) is 5.56 Å². The minimum atomic E-state index is -0.948. The standard InChI is InChI=1S/C24H25N3O5/c1-14-6-4-5-7-18(14)17-9-8-16(10-11-21(29)30)19(13-17)25-24(32)26-22-20(28)12-15(2)27(3)23(22)31/h4-9,12-13,28H,10-11H2,1-3H3,(H,29,30)(H2,25,26,32). The van der Waals surface area contributed by atoms with E-state index in [9.17, 15) is 19.5 Å². The van der Waals surface area contributed by atoms with Crippen LogP contribution in [0.4, 0.5) is 16.2 Å². The number of aromatic hydroxyl groups is 1. The number of pyridine rings is 1. The number of amides is 2. The second-order valence-electron chi connectivity index (χ2n) is 7.57.